The summed E-state index contributed by atoms with van der Waals surface area (Å²) < 4.78 is 0. The van der Waals surface area contributed by atoms with E-state index in [0.717, 1.165) is 34.2 Å². The summed E-state index contributed by atoms with van der Waals surface area (Å²) in [7, 11) is 0. The molecule has 294 valence electrons. The van der Waals surface area contributed by atoms with Crippen LogP contribution in [0.2, 0.25) is 0 Å². The van der Waals surface area contributed by atoms with Crippen LogP contribution in [-0.2, 0) is 37.1 Å². The number of hydrogen-bond acceptors (Lipinski definition) is 11. The van der Waals surface area contributed by atoms with E-state index in [4.69, 9.17) is 15.9 Å². The Hall–Kier alpha value is -4.87. The third kappa shape index (κ3) is 10.1. The zero-order valence-corrected chi connectivity index (χ0v) is 31.9. The maximum Gasteiger partial charge on any atom is 0.322 e. The molecule has 16 nitrogen and oxygen atoms in total. The van der Waals surface area contributed by atoms with Gasteiger partial charge in [-0.15, -0.1) is 11.8 Å². The predicted octanol–water partition coefficient (Wildman–Crippen LogP) is 2.18. The lowest BCUT2D eigenvalue weighted by Gasteiger charge is -2.36. The highest BCUT2D eigenvalue weighted by Crippen LogP contribution is 2.27. The number of unbranched alkanes of at least 4 members (excludes halogenated alkanes) is 2. The van der Waals surface area contributed by atoms with E-state index in [-0.39, 0.29) is 54.3 Å². The molecule has 0 spiro atoms. The molecule has 0 radical (unpaired) electrons. The van der Waals surface area contributed by atoms with Gasteiger partial charge in [-0.05, 0) is 47.7 Å². The number of likely N-dealkylation sites (tertiary alicyclic amines) is 1. The van der Waals surface area contributed by atoms with Crippen molar-refractivity contribution in [3.63, 3.8) is 0 Å². The average Bonchev–Trinajstić information content (AvgIpc) is 3.73. The fourth-order valence-electron chi connectivity index (χ4n) is 7.20. The molecule has 55 heavy (non-hydrogen) atoms. The van der Waals surface area contributed by atoms with Crippen LogP contribution in [0.5, 0.6) is 0 Å². The molecule has 2 aromatic rings. The summed E-state index contributed by atoms with van der Waals surface area (Å²) in [6.45, 7) is 7.04. The Morgan fingerprint density at radius 1 is 0.909 bits per heavy atom. The van der Waals surface area contributed by atoms with Gasteiger partial charge in [0.15, 0.2) is 0 Å². The first kappa shape index (κ1) is 39.8. The number of carboxylic acids is 1. The van der Waals surface area contributed by atoms with E-state index in [1.807, 2.05) is 42.2 Å². The van der Waals surface area contributed by atoms with Crippen molar-refractivity contribution < 1.29 is 33.9 Å². The van der Waals surface area contributed by atoms with Gasteiger partial charge in [0, 0.05) is 101 Å². The summed E-state index contributed by atoms with van der Waals surface area (Å²) in [5, 5.41) is 17.6. The van der Waals surface area contributed by atoms with E-state index in [0.29, 0.717) is 90.1 Å². The van der Waals surface area contributed by atoms with Crippen LogP contribution in [0.25, 0.3) is 0 Å². The molecule has 1 aromatic carbocycles. The quantitative estimate of drug-likeness (QED) is 0.177. The third-order valence-corrected chi connectivity index (χ3v) is 11.9. The second kappa shape index (κ2) is 18.2. The van der Waals surface area contributed by atoms with Gasteiger partial charge in [0.05, 0.1) is 17.5 Å². The van der Waals surface area contributed by atoms with E-state index >= 15 is 0 Å². The van der Waals surface area contributed by atoms with E-state index < -0.39 is 17.3 Å². The van der Waals surface area contributed by atoms with Crippen LogP contribution < -0.4 is 11.1 Å². The van der Waals surface area contributed by atoms with Gasteiger partial charge >= 0.3 is 12.0 Å². The number of hydrogen-bond donors (Lipinski definition) is 3. The fourth-order valence-corrected chi connectivity index (χ4v) is 8.32. The number of nitrogens with one attached hydrogen (secondary N) is 1. The molecule has 0 aliphatic carbocycles. The minimum absolute atomic E-state index is 0.0200. The van der Waals surface area contributed by atoms with Crippen LogP contribution in [0, 0.1) is 5.92 Å². The first-order valence-electron chi connectivity index (χ1n) is 18.9. The number of benzene rings is 1. The summed E-state index contributed by atoms with van der Waals surface area (Å²) in [5.74, 6) is -1.63. The molecule has 2 fully saturated rings. The zero-order valence-electron chi connectivity index (χ0n) is 31.1. The number of hydrazone groups is 1. The Morgan fingerprint density at radius 2 is 1.65 bits per heavy atom. The number of piperazine rings is 1. The number of aromatic nitrogens is 1. The van der Waals surface area contributed by atoms with Crippen molar-refractivity contribution in [2.24, 2.45) is 16.8 Å². The number of pyridine rings is 1. The third-order valence-electron chi connectivity index (χ3n) is 10.5. The molecule has 4 aliphatic heterocycles. The maximum absolute atomic E-state index is 12.9. The second-order valence-corrected chi connectivity index (χ2v) is 15.7. The zero-order chi connectivity index (χ0) is 39.1. The van der Waals surface area contributed by atoms with Crippen molar-refractivity contribution in [1.82, 2.24) is 29.6 Å². The number of carboxylic acid groups (broad SMARTS) is 1. The number of rotatable bonds is 15. The molecule has 6 amide bonds. The lowest BCUT2D eigenvalue weighted by atomic mass is 9.93. The van der Waals surface area contributed by atoms with Crippen LogP contribution >= 0.6 is 11.8 Å². The van der Waals surface area contributed by atoms with Gasteiger partial charge in [0.25, 0.3) is 0 Å². The molecule has 0 unspecified atom stereocenters. The monoisotopic (exact) mass is 775 g/mol. The topological polar surface area (TPSA) is 202 Å². The molecular weight excluding hydrogens is 727 g/mol. The number of nitrogens with zero attached hydrogens (tertiary/aromatic N) is 7. The average molecular weight is 776 g/mol. The van der Waals surface area contributed by atoms with E-state index in [1.54, 1.807) is 22.3 Å². The van der Waals surface area contributed by atoms with E-state index in [2.05, 4.69) is 15.2 Å². The molecule has 4 aliphatic rings. The number of carbonyl (C=O) groups excluding carboxylic acids is 5. The number of nitrogens with two attached hydrogens (primary N) is 1. The summed E-state index contributed by atoms with van der Waals surface area (Å²) in [6, 6.07) is 8.24. The number of carbonyl (C=O) groups is 6. The molecular formula is C38H49N9O7S. The molecule has 17 heteroatoms. The van der Waals surface area contributed by atoms with Gasteiger partial charge in [-0.2, -0.15) is 5.10 Å². The number of fused-ring (bicyclic) bond motifs is 1. The summed E-state index contributed by atoms with van der Waals surface area (Å²) in [5.41, 5.74) is 10.1. The molecule has 0 saturated carbocycles. The second-order valence-electron chi connectivity index (χ2n) is 14.5. The Labute approximate surface area is 324 Å². The minimum atomic E-state index is -1.14. The Bertz CT molecular complexity index is 1780. The summed E-state index contributed by atoms with van der Waals surface area (Å²) >= 11 is 1.11. The first-order valence-corrected chi connectivity index (χ1v) is 19.9. The van der Waals surface area contributed by atoms with Crippen molar-refractivity contribution in [3.05, 3.63) is 59.4 Å². The highest BCUT2D eigenvalue weighted by atomic mass is 32.2. The van der Waals surface area contributed by atoms with Crippen LogP contribution in [-0.4, -0.2) is 139 Å². The number of amides is 6. The first-order chi connectivity index (χ1) is 26.5. The van der Waals surface area contributed by atoms with Crippen molar-refractivity contribution >= 4 is 58.8 Å². The van der Waals surface area contributed by atoms with Crippen LogP contribution in [0.1, 0.15) is 62.1 Å². The molecule has 5 heterocycles. The summed E-state index contributed by atoms with van der Waals surface area (Å²) in [4.78, 5) is 85.9. The van der Waals surface area contributed by atoms with E-state index in [1.165, 1.54) is 4.90 Å². The Morgan fingerprint density at radius 3 is 2.38 bits per heavy atom. The van der Waals surface area contributed by atoms with Crippen molar-refractivity contribution in [1.29, 1.82) is 0 Å². The minimum Gasteiger partial charge on any atom is -0.480 e. The van der Waals surface area contributed by atoms with Gasteiger partial charge < -0.3 is 26.0 Å². The van der Waals surface area contributed by atoms with Gasteiger partial charge in [0.2, 0.25) is 23.6 Å². The number of anilines is 1. The smallest absolute Gasteiger partial charge is 0.322 e. The van der Waals surface area contributed by atoms with Crippen LogP contribution in [0.15, 0.2) is 47.8 Å². The molecule has 2 saturated heterocycles. The van der Waals surface area contributed by atoms with Crippen molar-refractivity contribution in [2.75, 3.05) is 56.9 Å². The van der Waals surface area contributed by atoms with Crippen molar-refractivity contribution in [2.45, 2.75) is 69.8 Å². The van der Waals surface area contributed by atoms with Gasteiger partial charge in [-0.3, -0.25) is 38.8 Å². The van der Waals surface area contributed by atoms with Gasteiger partial charge in [-0.1, -0.05) is 25.5 Å². The van der Waals surface area contributed by atoms with Crippen LogP contribution in [0.4, 0.5) is 10.5 Å². The molecule has 3 atom stereocenters. The number of aliphatic carboxylic acids is 1. The Kier molecular flexibility index (Phi) is 13.2. The highest BCUT2D eigenvalue weighted by molar-refractivity contribution is 8.00. The molecule has 6 rings (SSSR count). The lowest BCUT2D eigenvalue weighted by molar-refractivity contribution is -0.139. The number of thioether (sulfide) groups is 1. The predicted molar refractivity (Wildman–Crippen MR) is 206 cm³/mol. The molecule has 1 aromatic heterocycles. The van der Waals surface area contributed by atoms with Crippen LogP contribution in [0.3, 0.4) is 0 Å². The standard InChI is InChI=1S/C38H49N9O7S/c1-25-19-34(50)47(42-35(25)26-6-8-29(9-7-26)41-38(54)45-22-27-10-11-40-21-28(27)23-45)18-15-43-13-16-44(17-14-43)32(48)5-3-2-4-12-46-33(49)20-31(36(46)51)55-24-30(39)37(52)53/h6-11,21,25,30-31H,2-5,12-20,22-24,39H2,1H3,(H,41,54)(H,52,53)/t25-,30-,31-/m0/s1. The Balaban J connectivity index is 0.884. The molecule has 0 bridgehead atoms. The largest absolute Gasteiger partial charge is 0.480 e. The summed E-state index contributed by atoms with van der Waals surface area (Å²) in [6.07, 6.45) is 6.28. The van der Waals surface area contributed by atoms with Gasteiger partial charge in [-0.25, -0.2) is 9.80 Å². The van der Waals surface area contributed by atoms with Gasteiger partial charge in [0.1, 0.15) is 6.04 Å². The fraction of sp³-hybridized carbons (Fsp3) is 0.526. The number of urea groups is 1. The normalized spacial score (nSPS) is 20.8. The lowest BCUT2D eigenvalue weighted by Crippen LogP contribution is -2.50. The maximum atomic E-state index is 12.9. The SMILES string of the molecule is C[C@H]1CC(=O)N(CCN2CCN(C(=O)CCCCCN3C(=O)C[C@H](SC[C@H](N)C(=O)O)C3=O)CC2)N=C1c1ccc(NC(=O)N2Cc3ccncc3C2)cc1. The number of imide groups is 1. The van der Waals surface area contributed by atoms with Crippen molar-refractivity contribution in [3.8, 4) is 0 Å². The highest BCUT2D eigenvalue weighted by Gasteiger charge is 2.39. The molecule has 4 N–H and O–H groups in total. The van der Waals surface area contributed by atoms with E-state index in [9.17, 15) is 28.8 Å².